The third-order valence-corrected chi connectivity index (χ3v) is 6.93. The van der Waals surface area contributed by atoms with Crippen LogP contribution in [0.15, 0.2) is 48.5 Å². The first-order valence-electron chi connectivity index (χ1n) is 10.9. The lowest BCUT2D eigenvalue weighted by atomic mass is 10.1. The molecule has 0 spiro atoms. The van der Waals surface area contributed by atoms with Crippen LogP contribution in [-0.4, -0.2) is 44.6 Å². The first-order valence-corrected chi connectivity index (χ1v) is 12.8. The van der Waals surface area contributed by atoms with E-state index in [1.807, 2.05) is 44.2 Å². The van der Waals surface area contributed by atoms with Crippen molar-refractivity contribution in [1.29, 1.82) is 0 Å². The number of benzene rings is 2. The van der Waals surface area contributed by atoms with Crippen molar-refractivity contribution in [3.8, 4) is 0 Å². The molecular weight excluding hydrogens is 410 g/mol. The normalized spacial score (nSPS) is 15.6. The number of carbonyl (C=O) groups excluding carboxylic acids is 1. The van der Waals surface area contributed by atoms with E-state index in [2.05, 4.69) is 16.3 Å². The van der Waals surface area contributed by atoms with Gasteiger partial charge in [0.05, 0.1) is 11.9 Å². The lowest BCUT2D eigenvalue weighted by Gasteiger charge is -2.30. The third kappa shape index (κ3) is 6.08. The highest BCUT2D eigenvalue weighted by Gasteiger charge is 2.31. The van der Waals surface area contributed by atoms with Gasteiger partial charge in [-0.1, -0.05) is 43.3 Å². The second kappa shape index (κ2) is 10.3. The molecule has 1 aliphatic heterocycles. The number of hydrogen-bond acceptors (Lipinski definition) is 4. The predicted molar refractivity (Wildman–Crippen MR) is 125 cm³/mol. The topological polar surface area (TPSA) is 69.7 Å². The molecule has 7 heteroatoms. The van der Waals surface area contributed by atoms with E-state index in [-0.39, 0.29) is 5.91 Å². The smallest absolute Gasteiger partial charge is 0.244 e. The molecule has 0 bridgehead atoms. The van der Waals surface area contributed by atoms with Gasteiger partial charge in [-0.05, 0) is 68.1 Å². The quantitative estimate of drug-likeness (QED) is 0.644. The number of carbonyl (C=O) groups is 1. The number of nitrogens with one attached hydrogen (secondary N) is 1. The number of likely N-dealkylation sites (tertiary alicyclic amines) is 1. The Bertz CT molecular complexity index is 1000. The van der Waals surface area contributed by atoms with Crippen molar-refractivity contribution in [2.24, 2.45) is 0 Å². The number of rotatable bonds is 9. The Morgan fingerprint density at radius 3 is 2.39 bits per heavy atom. The zero-order valence-electron chi connectivity index (χ0n) is 18.7. The Morgan fingerprint density at radius 1 is 1.10 bits per heavy atom. The largest absolute Gasteiger partial charge is 0.350 e. The highest BCUT2D eigenvalue weighted by Crippen LogP contribution is 2.24. The molecule has 1 saturated heterocycles. The van der Waals surface area contributed by atoms with Gasteiger partial charge in [-0.25, -0.2) is 8.42 Å². The predicted octanol–water partition coefficient (Wildman–Crippen LogP) is 3.45. The first kappa shape index (κ1) is 23.3. The van der Waals surface area contributed by atoms with Crippen LogP contribution in [0.5, 0.6) is 0 Å². The minimum Gasteiger partial charge on any atom is -0.350 e. The van der Waals surface area contributed by atoms with Gasteiger partial charge >= 0.3 is 0 Å². The average Bonchev–Trinajstić information content (AvgIpc) is 3.23. The summed E-state index contributed by atoms with van der Waals surface area (Å²) in [5.74, 6) is -0.287. The number of amides is 1. The number of anilines is 1. The van der Waals surface area contributed by atoms with Crippen LogP contribution >= 0.6 is 0 Å². The highest BCUT2D eigenvalue weighted by molar-refractivity contribution is 7.92. The Morgan fingerprint density at radius 2 is 1.77 bits per heavy atom. The number of sulfonamides is 1. The summed E-state index contributed by atoms with van der Waals surface area (Å²) in [6.45, 7) is 7.21. The van der Waals surface area contributed by atoms with Gasteiger partial charge in [-0.2, -0.15) is 0 Å². The molecule has 1 aliphatic rings. The second-order valence-corrected chi connectivity index (χ2v) is 10.2. The molecule has 1 heterocycles. The Balaban J connectivity index is 1.76. The molecule has 1 fully saturated rings. The average molecular weight is 444 g/mol. The summed E-state index contributed by atoms with van der Waals surface area (Å²) in [5.41, 5.74) is 3.73. The van der Waals surface area contributed by atoms with Crippen LogP contribution in [-0.2, 0) is 27.9 Å². The van der Waals surface area contributed by atoms with E-state index in [1.165, 1.54) is 22.7 Å². The van der Waals surface area contributed by atoms with Gasteiger partial charge < -0.3 is 5.32 Å². The molecule has 31 heavy (non-hydrogen) atoms. The van der Waals surface area contributed by atoms with E-state index >= 15 is 0 Å². The second-order valence-electron chi connectivity index (χ2n) is 8.29. The summed E-state index contributed by atoms with van der Waals surface area (Å²) in [5, 5.41) is 2.99. The maximum Gasteiger partial charge on any atom is 0.244 e. The van der Waals surface area contributed by atoms with Gasteiger partial charge in [-0.3, -0.25) is 14.0 Å². The minimum absolute atomic E-state index is 0.287. The van der Waals surface area contributed by atoms with E-state index in [0.717, 1.165) is 37.0 Å². The standard InChI is InChI=1S/C24H33N3O3S/c1-4-23(27(31(3,29)30)22-13-9-10-19(2)16-22)24(28)25-17-20-11-5-6-12-21(20)18-26-14-7-8-15-26/h5-6,9-13,16,23H,4,7-8,14-15,17-18H2,1-3H3,(H,25,28)/t23-/m0/s1. The van der Waals surface area contributed by atoms with Gasteiger partial charge in [0.1, 0.15) is 6.04 Å². The van der Waals surface area contributed by atoms with Crippen molar-refractivity contribution in [3.05, 3.63) is 65.2 Å². The summed E-state index contributed by atoms with van der Waals surface area (Å²) < 4.78 is 26.5. The lowest BCUT2D eigenvalue weighted by molar-refractivity contribution is -0.122. The molecular formula is C24H33N3O3S. The van der Waals surface area contributed by atoms with Crippen molar-refractivity contribution < 1.29 is 13.2 Å². The maximum absolute atomic E-state index is 13.1. The molecule has 1 N–H and O–H groups in total. The fourth-order valence-electron chi connectivity index (χ4n) is 4.19. The van der Waals surface area contributed by atoms with E-state index in [4.69, 9.17) is 0 Å². The summed E-state index contributed by atoms with van der Waals surface area (Å²) >= 11 is 0. The molecule has 1 atom stereocenters. The van der Waals surface area contributed by atoms with Crippen LogP contribution in [0.4, 0.5) is 5.69 Å². The highest BCUT2D eigenvalue weighted by atomic mass is 32.2. The summed E-state index contributed by atoms with van der Waals surface area (Å²) in [6.07, 6.45) is 3.99. The molecule has 3 rings (SSSR count). The maximum atomic E-state index is 13.1. The number of aryl methyl sites for hydroxylation is 1. The van der Waals surface area contributed by atoms with Gasteiger partial charge in [0.25, 0.3) is 0 Å². The number of nitrogens with zero attached hydrogens (tertiary/aromatic N) is 2. The number of hydrogen-bond donors (Lipinski definition) is 1. The summed E-state index contributed by atoms with van der Waals surface area (Å²) in [7, 11) is -3.63. The van der Waals surface area contributed by atoms with E-state index in [1.54, 1.807) is 12.1 Å². The van der Waals surface area contributed by atoms with Gasteiger partial charge in [0, 0.05) is 13.1 Å². The molecule has 1 amide bonds. The van der Waals surface area contributed by atoms with E-state index < -0.39 is 16.1 Å². The van der Waals surface area contributed by atoms with E-state index in [9.17, 15) is 13.2 Å². The summed E-state index contributed by atoms with van der Waals surface area (Å²) in [4.78, 5) is 15.6. The van der Waals surface area contributed by atoms with Gasteiger partial charge in [0.15, 0.2) is 0 Å². The fraction of sp³-hybridized carbons (Fsp3) is 0.458. The molecule has 6 nitrogen and oxygen atoms in total. The Labute approximate surface area is 186 Å². The Kier molecular flexibility index (Phi) is 7.73. The van der Waals surface area contributed by atoms with Crippen LogP contribution in [0.3, 0.4) is 0 Å². The summed E-state index contributed by atoms with van der Waals surface area (Å²) in [6, 6.07) is 14.6. The molecule has 0 aromatic heterocycles. The van der Waals surface area contributed by atoms with Crippen molar-refractivity contribution in [2.75, 3.05) is 23.7 Å². The van der Waals surface area contributed by atoms with Crippen molar-refractivity contribution >= 4 is 21.6 Å². The van der Waals surface area contributed by atoms with Crippen LogP contribution < -0.4 is 9.62 Å². The third-order valence-electron chi connectivity index (χ3n) is 5.75. The van der Waals surface area contributed by atoms with Crippen LogP contribution in [0.25, 0.3) is 0 Å². The monoisotopic (exact) mass is 443 g/mol. The molecule has 0 radical (unpaired) electrons. The van der Waals surface area contributed by atoms with Crippen LogP contribution in [0.2, 0.25) is 0 Å². The van der Waals surface area contributed by atoms with E-state index in [0.29, 0.717) is 18.7 Å². The zero-order valence-corrected chi connectivity index (χ0v) is 19.5. The van der Waals surface area contributed by atoms with Crippen LogP contribution in [0, 0.1) is 6.92 Å². The lowest BCUT2D eigenvalue weighted by Crippen LogP contribution is -2.49. The molecule has 0 unspecified atom stereocenters. The molecule has 168 valence electrons. The first-order chi connectivity index (χ1) is 14.8. The fourth-order valence-corrected chi connectivity index (χ4v) is 5.39. The minimum atomic E-state index is -3.63. The van der Waals surface area contributed by atoms with Crippen molar-refractivity contribution in [1.82, 2.24) is 10.2 Å². The van der Waals surface area contributed by atoms with Crippen molar-refractivity contribution in [2.45, 2.75) is 52.2 Å². The SMILES string of the molecule is CC[C@@H](C(=O)NCc1ccccc1CN1CCCC1)N(c1cccc(C)c1)S(C)(=O)=O. The van der Waals surface area contributed by atoms with Crippen LogP contribution in [0.1, 0.15) is 42.9 Å². The Hall–Kier alpha value is -2.38. The van der Waals surface area contributed by atoms with Gasteiger partial charge in [0.2, 0.25) is 15.9 Å². The van der Waals surface area contributed by atoms with Crippen molar-refractivity contribution in [3.63, 3.8) is 0 Å². The zero-order chi connectivity index (χ0) is 22.4. The molecule has 2 aromatic rings. The molecule has 2 aromatic carbocycles. The molecule has 0 saturated carbocycles. The van der Waals surface area contributed by atoms with Gasteiger partial charge in [-0.15, -0.1) is 0 Å². The molecule has 0 aliphatic carbocycles.